The molecule has 0 bridgehead atoms. The third-order valence-electron chi connectivity index (χ3n) is 4.05. The van der Waals surface area contributed by atoms with Crippen molar-refractivity contribution < 1.29 is 4.74 Å². The molecule has 2 heteroatoms. The Hall–Kier alpha value is -1.80. The zero-order valence-corrected chi connectivity index (χ0v) is 11.9. The summed E-state index contributed by atoms with van der Waals surface area (Å²) in [5.41, 5.74) is 2.68. The van der Waals surface area contributed by atoms with Crippen LogP contribution < -0.4 is 10.1 Å². The van der Waals surface area contributed by atoms with Crippen molar-refractivity contribution in [1.29, 1.82) is 0 Å². The zero-order chi connectivity index (χ0) is 13.8. The van der Waals surface area contributed by atoms with Gasteiger partial charge in [0.25, 0.3) is 0 Å². The summed E-state index contributed by atoms with van der Waals surface area (Å²) in [6, 6.07) is 19.4. The van der Waals surface area contributed by atoms with Crippen LogP contribution >= 0.6 is 0 Å². The van der Waals surface area contributed by atoms with Gasteiger partial charge in [-0.15, -0.1) is 0 Å². The molecule has 3 rings (SSSR count). The maximum Gasteiger partial charge on any atom is 0.122 e. The molecular formula is C18H21NO. The van der Waals surface area contributed by atoms with E-state index < -0.39 is 0 Å². The highest BCUT2D eigenvalue weighted by Gasteiger charge is 2.21. The standard InChI is InChI=1S/C18H21NO/c1-14(15-7-3-2-4-8-15)19-13-16-11-12-20-18-10-6-5-9-17(16)18/h2-10,14,16,19H,11-13H2,1H3. The lowest BCUT2D eigenvalue weighted by atomic mass is 9.92. The first kappa shape index (κ1) is 13.2. The van der Waals surface area contributed by atoms with Gasteiger partial charge < -0.3 is 10.1 Å². The van der Waals surface area contributed by atoms with Crippen LogP contribution in [0.25, 0.3) is 0 Å². The van der Waals surface area contributed by atoms with Crippen LogP contribution in [-0.4, -0.2) is 13.2 Å². The Morgan fingerprint density at radius 2 is 1.85 bits per heavy atom. The minimum Gasteiger partial charge on any atom is -0.493 e. The minimum atomic E-state index is 0.381. The Morgan fingerprint density at radius 3 is 2.70 bits per heavy atom. The normalized spacial score (nSPS) is 18.9. The van der Waals surface area contributed by atoms with E-state index in [1.807, 2.05) is 6.07 Å². The molecule has 1 aliphatic heterocycles. The minimum absolute atomic E-state index is 0.381. The second-order valence-corrected chi connectivity index (χ2v) is 5.41. The summed E-state index contributed by atoms with van der Waals surface area (Å²) < 4.78 is 5.72. The summed E-state index contributed by atoms with van der Waals surface area (Å²) in [6.45, 7) is 4.04. The van der Waals surface area contributed by atoms with Crippen molar-refractivity contribution in [3.63, 3.8) is 0 Å². The molecule has 2 aromatic carbocycles. The van der Waals surface area contributed by atoms with Crippen molar-refractivity contribution in [2.45, 2.75) is 25.3 Å². The van der Waals surface area contributed by atoms with E-state index in [1.54, 1.807) is 0 Å². The highest BCUT2D eigenvalue weighted by atomic mass is 16.5. The van der Waals surface area contributed by atoms with Crippen LogP contribution in [0.15, 0.2) is 54.6 Å². The molecule has 0 fully saturated rings. The molecular weight excluding hydrogens is 246 g/mol. The largest absolute Gasteiger partial charge is 0.493 e. The number of hydrogen-bond donors (Lipinski definition) is 1. The third-order valence-corrected chi connectivity index (χ3v) is 4.05. The van der Waals surface area contributed by atoms with Crippen molar-refractivity contribution in [2.24, 2.45) is 0 Å². The van der Waals surface area contributed by atoms with Crippen molar-refractivity contribution in [3.8, 4) is 5.75 Å². The highest BCUT2D eigenvalue weighted by molar-refractivity contribution is 5.38. The molecule has 0 radical (unpaired) electrons. The van der Waals surface area contributed by atoms with Gasteiger partial charge in [-0.25, -0.2) is 0 Å². The number of fused-ring (bicyclic) bond motifs is 1. The molecule has 2 unspecified atom stereocenters. The Morgan fingerprint density at radius 1 is 1.10 bits per heavy atom. The lowest BCUT2D eigenvalue weighted by Crippen LogP contribution is -2.28. The smallest absolute Gasteiger partial charge is 0.122 e. The Bertz CT molecular complexity index is 552. The molecule has 1 aliphatic rings. The molecule has 2 nitrogen and oxygen atoms in total. The molecule has 104 valence electrons. The predicted molar refractivity (Wildman–Crippen MR) is 82.2 cm³/mol. The average Bonchev–Trinajstić information content (AvgIpc) is 2.53. The quantitative estimate of drug-likeness (QED) is 0.907. The number of ether oxygens (including phenoxy) is 1. The molecule has 0 saturated carbocycles. The van der Waals surface area contributed by atoms with Crippen LogP contribution in [0.2, 0.25) is 0 Å². The Labute approximate surface area is 120 Å². The second-order valence-electron chi connectivity index (χ2n) is 5.41. The van der Waals surface area contributed by atoms with Gasteiger partial charge in [0, 0.05) is 18.5 Å². The van der Waals surface area contributed by atoms with Crippen LogP contribution in [0.1, 0.15) is 36.4 Å². The topological polar surface area (TPSA) is 21.3 Å². The molecule has 20 heavy (non-hydrogen) atoms. The Kier molecular flexibility index (Phi) is 4.03. The molecule has 0 amide bonds. The molecule has 0 saturated heterocycles. The summed E-state index contributed by atoms with van der Waals surface area (Å²) in [7, 11) is 0. The van der Waals surface area contributed by atoms with Gasteiger partial charge in [-0.1, -0.05) is 48.5 Å². The fourth-order valence-electron chi connectivity index (χ4n) is 2.81. The fraction of sp³-hybridized carbons (Fsp3) is 0.333. The summed E-state index contributed by atoms with van der Waals surface area (Å²) >= 11 is 0. The van der Waals surface area contributed by atoms with E-state index >= 15 is 0 Å². The van der Waals surface area contributed by atoms with Gasteiger partial charge in [0.2, 0.25) is 0 Å². The maximum absolute atomic E-state index is 5.72. The molecule has 0 aromatic heterocycles. The predicted octanol–water partition coefficient (Wildman–Crippen LogP) is 3.90. The van der Waals surface area contributed by atoms with Gasteiger partial charge in [0.05, 0.1) is 6.61 Å². The van der Waals surface area contributed by atoms with E-state index in [9.17, 15) is 0 Å². The summed E-state index contributed by atoms with van der Waals surface area (Å²) in [5.74, 6) is 1.60. The van der Waals surface area contributed by atoms with Crippen molar-refractivity contribution in [3.05, 3.63) is 65.7 Å². The average molecular weight is 267 g/mol. The van der Waals surface area contributed by atoms with E-state index in [2.05, 4.69) is 60.8 Å². The van der Waals surface area contributed by atoms with E-state index in [0.717, 1.165) is 25.3 Å². The molecule has 0 spiro atoms. The van der Waals surface area contributed by atoms with Gasteiger partial charge in [-0.3, -0.25) is 0 Å². The van der Waals surface area contributed by atoms with Gasteiger partial charge >= 0.3 is 0 Å². The molecule has 1 heterocycles. The van der Waals surface area contributed by atoms with Crippen molar-refractivity contribution in [2.75, 3.05) is 13.2 Å². The Balaban J connectivity index is 1.65. The van der Waals surface area contributed by atoms with Crippen LogP contribution in [0.3, 0.4) is 0 Å². The van der Waals surface area contributed by atoms with Crippen LogP contribution in [0.4, 0.5) is 0 Å². The number of benzene rings is 2. The van der Waals surface area contributed by atoms with Gasteiger partial charge in [-0.05, 0) is 30.5 Å². The van der Waals surface area contributed by atoms with E-state index in [0.29, 0.717) is 12.0 Å². The summed E-state index contributed by atoms with van der Waals surface area (Å²) in [5, 5.41) is 3.65. The van der Waals surface area contributed by atoms with Crippen LogP contribution in [-0.2, 0) is 0 Å². The summed E-state index contributed by atoms with van der Waals surface area (Å²) in [4.78, 5) is 0. The molecule has 1 N–H and O–H groups in total. The fourth-order valence-corrected chi connectivity index (χ4v) is 2.81. The van der Waals surface area contributed by atoms with Gasteiger partial charge in [0.1, 0.15) is 5.75 Å². The number of rotatable bonds is 4. The number of nitrogens with one attached hydrogen (secondary N) is 1. The molecule has 0 aliphatic carbocycles. The van der Waals surface area contributed by atoms with Gasteiger partial charge in [-0.2, -0.15) is 0 Å². The zero-order valence-electron chi connectivity index (χ0n) is 11.9. The van der Waals surface area contributed by atoms with Gasteiger partial charge in [0.15, 0.2) is 0 Å². The third kappa shape index (κ3) is 2.86. The SMILES string of the molecule is CC(NCC1CCOc2ccccc21)c1ccccc1. The van der Waals surface area contributed by atoms with Crippen molar-refractivity contribution >= 4 is 0 Å². The van der Waals surface area contributed by atoms with E-state index in [4.69, 9.17) is 4.74 Å². The number of para-hydroxylation sites is 1. The number of hydrogen-bond acceptors (Lipinski definition) is 2. The summed E-state index contributed by atoms with van der Waals surface area (Å²) in [6.07, 6.45) is 1.09. The lowest BCUT2D eigenvalue weighted by molar-refractivity contribution is 0.263. The molecule has 2 atom stereocenters. The first-order chi connectivity index (χ1) is 9.84. The van der Waals surface area contributed by atoms with Crippen LogP contribution in [0, 0.1) is 0 Å². The monoisotopic (exact) mass is 267 g/mol. The van der Waals surface area contributed by atoms with E-state index in [1.165, 1.54) is 11.1 Å². The molecule has 2 aromatic rings. The first-order valence-electron chi connectivity index (χ1n) is 7.34. The van der Waals surface area contributed by atoms with Crippen molar-refractivity contribution in [1.82, 2.24) is 5.32 Å². The second kappa shape index (κ2) is 6.10. The highest BCUT2D eigenvalue weighted by Crippen LogP contribution is 2.33. The van der Waals surface area contributed by atoms with E-state index in [-0.39, 0.29) is 0 Å². The lowest BCUT2D eigenvalue weighted by Gasteiger charge is -2.27. The first-order valence-corrected chi connectivity index (χ1v) is 7.34. The maximum atomic E-state index is 5.72. The van der Waals surface area contributed by atoms with Crippen LogP contribution in [0.5, 0.6) is 5.75 Å².